The predicted molar refractivity (Wildman–Crippen MR) is 74.0 cm³/mol. The molecule has 17 heavy (non-hydrogen) atoms. The molecule has 2 aromatic heterocycles. The molecule has 0 aromatic carbocycles. The van der Waals surface area contributed by atoms with Crippen molar-refractivity contribution in [1.29, 1.82) is 0 Å². The molecule has 0 saturated carbocycles. The van der Waals surface area contributed by atoms with E-state index in [0.29, 0.717) is 15.7 Å². The molecule has 0 unspecified atom stereocenters. The van der Waals surface area contributed by atoms with Gasteiger partial charge in [-0.25, -0.2) is 4.98 Å². The molecule has 0 aliphatic rings. The smallest absolute Gasteiger partial charge is 0.266 e. The highest BCUT2D eigenvalue weighted by Crippen LogP contribution is 2.24. The topological polar surface area (TPSA) is 42.0 Å². The first-order valence-electron chi connectivity index (χ1n) is 4.74. The maximum absolute atomic E-state index is 11.9. The largest absolute Gasteiger partial charge is 0.320 e. The zero-order valence-electron chi connectivity index (χ0n) is 8.83. The lowest BCUT2D eigenvalue weighted by Crippen LogP contribution is -2.11. The second-order valence-electron chi connectivity index (χ2n) is 3.38. The first kappa shape index (κ1) is 12.5. The van der Waals surface area contributed by atoms with Crippen LogP contribution in [0, 0.1) is 6.92 Å². The summed E-state index contributed by atoms with van der Waals surface area (Å²) in [6.45, 7) is 1.84. The molecule has 1 N–H and O–H groups in total. The minimum Gasteiger partial charge on any atom is -0.320 e. The minimum absolute atomic E-state index is 0.157. The fraction of sp³-hybridized carbons (Fsp3) is 0.0909. The number of rotatable bonds is 2. The van der Waals surface area contributed by atoms with Gasteiger partial charge in [-0.3, -0.25) is 4.79 Å². The zero-order valence-corrected chi connectivity index (χ0v) is 12.0. The molecule has 2 rings (SSSR count). The number of hydrogen-bond acceptors (Lipinski definition) is 3. The Morgan fingerprint density at radius 2 is 2.35 bits per heavy atom. The van der Waals surface area contributed by atoms with Crippen LogP contribution < -0.4 is 5.32 Å². The van der Waals surface area contributed by atoms with Crippen LogP contribution in [-0.4, -0.2) is 10.9 Å². The molecule has 0 bridgehead atoms. The molecule has 0 fully saturated rings. The van der Waals surface area contributed by atoms with Crippen LogP contribution in [0.1, 0.15) is 15.2 Å². The fourth-order valence-corrected chi connectivity index (χ4v) is 2.82. The van der Waals surface area contributed by atoms with Crippen molar-refractivity contribution in [2.24, 2.45) is 0 Å². The van der Waals surface area contributed by atoms with E-state index in [2.05, 4.69) is 26.2 Å². The lowest BCUT2D eigenvalue weighted by Gasteiger charge is -2.05. The van der Waals surface area contributed by atoms with Crippen molar-refractivity contribution in [3.8, 4) is 0 Å². The van der Waals surface area contributed by atoms with Crippen molar-refractivity contribution in [3.05, 3.63) is 43.8 Å². The van der Waals surface area contributed by atoms with Crippen molar-refractivity contribution < 1.29 is 4.79 Å². The summed E-state index contributed by atoms with van der Waals surface area (Å²) in [7, 11) is 0. The molecule has 0 saturated heterocycles. The monoisotopic (exact) mass is 330 g/mol. The molecular weight excluding hydrogens is 324 g/mol. The van der Waals surface area contributed by atoms with Gasteiger partial charge < -0.3 is 5.32 Å². The Balaban J connectivity index is 2.19. The van der Waals surface area contributed by atoms with Crippen LogP contribution in [0.2, 0.25) is 5.15 Å². The lowest BCUT2D eigenvalue weighted by atomic mass is 10.3. The van der Waals surface area contributed by atoms with Gasteiger partial charge in [0.1, 0.15) is 10.0 Å². The Labute approximate surface area is 116 Å². The van der Waals surface area contributed by atoms with Crippen LogP contribution in [0.5, 0.6) is 0 Å². The summed E-state index contributed by atoms with van der Waals surface area (Å²) in [5.41, 5.74) is 1.46. The highest BCUT2D eigenvalue weighted by atomic mass is 79.9. The molecule has 0 aliphatic carbocycles. The number of hydrogen-bond donors (Lipinski definition) is 1. The molecule has 0 spiro atoms. The summed E-state index contributed by atoms with van der Waals surface area (Å²) in [4.78, 5) is 16.5. The third kappa shape index (κ3) is 2.86. The third-order valence-electron chi connectivity index (χ3n) is 2.10. The van der Waals surface area contributed by atoms with Gasteiger partial charge >= 0.3 is 0 Å². The maximum Gasteiger partial charge on any atom is 0.266 e. The Morgan fingerprint density at radius 3 is 2.94 bits per heavy atom. The van der Waals surface area contributed by atoms with E-state index in [1.54, 1.807) is 6.07 Å². The van der Waals surface area contributed by atoms with Gasteiger partial charge in [-0.15, -0.1) is 11.3 Å². The van der Waals surface area contributed by atoms with Crippen molar-refractivity contribution in [2.75, 3.05) is 5.32 Å². The standard InChI is InChI=1S/C11H8BrClN2OS/c1-6-4-7(5-14-10(6)13)15-11(16)9-8(12)2-3-17-9/h2-5H,1H3,(H,15,16). The maximum atomic E-state index is 11.9. The van der Waals surface area contributed by atoms with E-state index in [4.69, 9.17) is 11.6 Å². The number of aromatic nitrogens is 1. The fourth-order valence-electron chi connectivity index (χ4n) is 1.27. The van der Waals surface area contributed by atoms with Gasteiger partial charge in [0.15, 0.2) is 0 Å². The second kappa shape index (κ2) is 5.16. The number of carbonyl (C=O) groups is 1. The first-order chi connectivity index (χ1) is 8.08. The van der Waals surface area contributed by atoms with Gasteiger partial charge in [0.05, 0.1) is 11.9 Å². The van der Waals surface area contributed by atoms with Gasteiger partial charge in [-0.05, 0) is 45.9 Å². The molecule has 1 amide bonds. The van der Waals surface area contributed by atoms with Gasteiger partial charge in [0.2, 0.25) is 0 Å². The number of nitrogens with zero attached hydrogens (tertiary/aromatic N) is 1. The number of thiophene rings is 1. The summed E-state index contributed by atoms with van der Waals surface area (Å²) in [6.07, 6.45) is 1.54. The van der Waals surface area contributed by atoms with Crippen molar-refractivity contribution >= 4 is 50.5 Å². The summed E-state index contributed by atoms with van der Waals surface area (Å²) in [6, 6.07) is 3.62. The second-order valence-corrected chi connectivity index (χ2v) is 5.51. The predicted octanol–water partition coefficient (Wildman–Crippen LogP) is 4.12. The number of nitrogens with one attached hydrogen (secondary N) is 1. The zero-order chi connectivity index (χ0) is 12.4. The lowest BCUT2D eigenvalue weighted by molar-refractivity contribution is 0.103. The molecule has 0 atom stereocenters. The highest BCUT2D eigenvalue weighted by Gasteiger charge is 2.12. The molecule has 0 aliphatic heterocycles. The van der Waals surface area contributed by atoms with Crippen LogP contribution in [0.25, 0.3) is 0 Å². The summed E-state index contributed by atoms with van der Waals surface area (Å²) < 4.78 is 0.790. The van der Waals surface area contributed by atoms with E-state index in [-0.39, 0.29) is 5.91 Å². The third-order valence-corrected chi connectivity index (χ3v) is 4.33. The number of carbonyl (C=O) groups excluding carboxylic acids is 1. The summed E-state index contributed by atoms with van der Waals surface area (Å²) >= 11 is 10.5. The van der Waals surface area contributed by atoms with Crippen LogP contribution in [0.4, 0.5) is 5.69 Å². The van der Waals surface area contributed by atoms with Crippen LogP contribution in [-0.2, 0) is 0 Å². The Morgan fingerprint density at radius 1 is 1.59 bits per heavy atom. The number of pyridine rings is 1. The Hall–Kier alpha value is -0.910. The number of anilines is 1. The SMILES string of the molecule is Cc1cc(NC(=O)c2sccc2Br)cnc1Cl. The van der Waals surface area contributed by atoms with Crippen LogP contribution >= 0.6 is 38.9 Å². The average molecular weight is 332 g/mol. The van der Waals surface area contributed by atoms with Crippen molar-refractivity contribution in [2.45, 2.75) is 6.92 Å². The van der Waals surface area contributed by atoms with E-state index >= 15 is 0 Å². The average Bonchev–Trinajstić information content (AvgIpc) is 2.70. The summed E-state index contributed by atoms with van der Waals surface area (Å²) in [5.74, 6) is -0.157. The summed E-state index contributed by atoms with van der Waals surface area (Å²) in [5, 5.41) is 5.07. The van der Waals surface area contributed by atoms with Crippen LogP contribution in [0.15, 0.2) is 28.2 Å². The quantitative estimate of drug-likeness (QED) is 0.841. The number of amides is 1. The van der Waals surface area contributed by atoms with E-state index in [1.807, 2.05) is 18.4 Å². The minimum atomic E-state index is -0.157. The first-order valence-corrected chi connectivity index (χ1v) is 6.79. The molecule has 2 aromatic rings. The normalized spacial score (nSPS) is 10.3. The number of aryl methyl sites for hydroxylation is 1. The number of halogens is 2. The van der Waals surface area contributed by atoms with E-state index < -0.39 is 0 Å². The van der Waals surface area contributed by atoms with E-state index in [1.165, 1.54) is 17.5 Å². The molecular formula is C11H8BrClN2OS. The molecule has 2 heterocycles. The van der Waals surface area contributed by atoms with E-state index in [9.17, 15) is 4.79 Å². The molecule has 6 heteroatoms. The highest BCUT2D eigenvalue weighted by molar-refractivity contribution is 9.10. The molecule has 3 nitrogen and oxygen atoms in total. The van der Waals surface area contributed by atoms with Gasteiger partial charge in [-0.1, -0.05) is 11.6 Å². The van der Waals surface area contributed by atoms with E-state index in [0.717, 1.165) is 10.0 Å². The van der Waals surface area contributed by atoms with Gasteiger partial charge in [0, 0.05) is 4.47 Å². The van der Waals surface area contributed by atoms with Crippen LogP contribution in [0.3, 0.4) is 0 Å². The Bertz CT molecular complexity index is 570. The Kier molecular flexibility index (Phi) is 3.81. The van der Waals surface area contributed by atoms with Gasteiger partial charge in [0.25, 0.3) is 5.91 Å². The molecule has 0 radical (unpaired) electrons. The van der Waals surface area contributed by atoms with Gasteiger partial charge in [-0.2, -0.15) is 0 Å². The van der Waals surface area contributed by atoms with Crippen molar-refractivity contribution in [3.63, 3.8) is 0 Å². The van der Waals surface area contributed by atoms with Crippen molar-refractivity contribution in [1.82, 2.24) is 4.98 Å². The molecule has 88 valence electrons.